The Hall–Kier alpha value is -1.90. The number of carbonyl (C=O) groups excluding carboxylic acids is 1. The largest absolute Gasteiger partial charge is 0.494 e. The molecule has 1 aliphatic heterocycles. The van der Waals surface area contributed by atoms with Gasteiger partial charge in [0.1, 0.15) is 5.75 Å². The first-order valence-corrected chi connectivity index (χ1v) is 11.5. The second kappa shape index (κ2) is 9.54. The van der Waals surface area contributed by atoms with Gasteiger partial charge in [-0.3, -0.25) is 4.79 Å². The molecule has 0 spiro atoms. The van der Waals surface area contributed by atoms with Gasteiger partial charge in [0.05, 0.1) is 11.5 Å². The summed E-state index contributed by atoms with van der Waals surface area (Å²) in [4.78, 5) is 12.3. The lowest BCUT2D eigenvalue weighted by atomic mass is 10.2. The summed E-state index contributed by atoms with van der Waals surface area (Å²) in [6.07, 6.45) is 2.71. The summed E-state index contributed by atoms with van der Waals surface area (Å²) < 4.78 is 33.1. The van der Waals surface area contributed by atoms with Crippen molar-refractivity contribution >= 4 is 37.5 Å². The van der Waals surface area contributed by atoms with Gasteiger partial charge >= 0.3 is 0 Å². The Bertz CT molecular complexity index is 893. The first kappa shape index (κ1) is 20.8. The van der Waals surface area contributed by atoms with Crippen molar-refractivity contribution in [3.63, 3.8) is 0 Å². The molecule has 0 aromatic heterocycles. The van der Waals surface area contributed by atoms with E-state index in [0.29, 0.717) is 38.2 Å². The number of benzene rings is 2. The van der Waals surface area contributed by atoms with Crippen LogP contribution in [-0.2, 0) is 14.8 Å². The number of ether oxygens (including phenoxy) is 1. The van der Waals surface area contributed by atoms with Crippen LogP contribution in [0.4, 0.5) is 5.69 Å². The Morgan fingerprint density at radius 3 is 2.32 bits per heavy atom. The molecule has 1 heterocycles. The zero-order chi connectivity index (χ0) is 20.0. The highest BCUT2D eigenvalue weighted by Gasteiger charge is 2.26. The van der Waals surface area contributed by atoms with Gasteiger partial charge in [-0.2, -0.15) is 4.31 Å². The zero-order valence-corrected chi connectivity index (χ0v) is 17.8. The normalized spacial score (nSPS) is 14.8. The molecule has 150 valence electrons. The summed E-state index contributed by atoms with van der Waals surface area (Å²) in [5, 5.41) is 2.79. The third kappa shape index (κ3) is 5.56. The summed E-state index contributed by atoms with van der Waals surface area (Å²) in [7, 11) is -3.43. The highest BCUT2D eigenvalue weighted by atomic mass is 79.9. The van der Waals surface area contributed by atoms with Crippen molar-refractivity contribution in [2.75, 3.05) is 25.0 Å². The minimum absolute atomic E-state index is 0.130. The third-order valence-electron chi connectivity index (χ3n) is 4.47. The molecule has 6 nitrogen and oxygen atoms in total. The zero-order valence-electron chi connectivity index (χ0n) is 15.4. The molecular formula is C20H23BrN2O4S. The summed E-state index contributed by atoms with van der Waals surface area (Å²) in [5.41, 5.74) is 0.583. The van der Waals surface area contributed by atoms with E-state index < -0.39 is 10.0 Å². The van der Waals surface area contributed by atoms with Gasteiger partial charge in [0.25, 0.3) is 0 Å². The van der Waals surface area contributed by atoms with Crippen LogP contribution in [0, 0.1) is 0 Å². The van der Waals surface area contributed by atoms with E-state index in [0.717, 1.165) is 23.1 Å². The Balaban J connectivity index is 1.44. The van der Waals surface area contributed by atoms with E-state index in [2.05, 4.69) is 21.2 Å². The van der Waals surface area contributed by atoms with Crippen molar-refractivity contribution in [3.8, 4) is 5.75 Å². The molecule has 8 heteroatoms. The molecule has 1 amide bonds. The van der Waals surface area contributed by atoms with E-state index in [9.17, 15) is 13.2 Å². The first-order chi connectivity index (χ1) is 13.4. The van der Waals surface area contributed by atoms with E-state index in [4.69, 9.17) is 4.74 Å². The van der Waals surface area contributed by atoms with Gasteiger partial charge in [-0.15, -0.1) is 0 Å². The molecule has 1 fully saturated rings. The fourth-order valence-electron chi connectivity index (χ4n) is 2.96. The molecule has 0 unspecified atom stereocenters. The topological polar surface area (TPSA) is 75.7 Å². The number of halogens is 1. The van der Waals surface area contributed by atoms with Crippen molar-refractivity contribution in [3.05, 3.63) is 53.0 Å². The molecule has 1 aliphatic rings. The van der Waals surface area contributed by atoms with Crippen LogP contribution in [0.5, 0.6) is 5.75 Å². The number of sulfonamides is 1. The van der Waals surface area contributed by atoms with Gasteiger partial charge in [0.2, 0.25) is 15.9 Å². The van der Waals surface area contributed by atoms with Crippen LogP contribution in [0.3, 0.4) is 0 Å². The van der Waals surface area contributed by atoms with Crippen molar-refractivity contribution in [2.24, 2.45) is 0 Å². The van der Waals surface area contributed by atoms with Gasteiger partial charge in [-0.25, -0.2) is 8.42 Å². The molecule has 0 saturated carbocycles. The number of hydrogen-bond acceptors (Lipinski definition) is 4. The fourth-order valence-corrected chi connectivity index (χ4v) is 4.75. The Morgan fingerprint density at radius 2 is 1.68 bits per heavy atom. The number of anilines is 1. The number of rotatable bonds is 8. The van der Waals surface area contributed by atoms with E-state index in [1.807, 2.05) is 24.3 Å². The maximum Gasteiger partial charge on any atom is 0.243 e. The van der Waals surface area contributed by atoms with Gasteiger partial charge in [0, 0.05) is 29.7 Å². The third-order valence-corrected chi connectivity index (χ3v) is 6.91. The fraction of sp³-hybridized carbons (Fsp3) is 0.350. The molecular weight excluding hydrogens is 444 g/mol. The molecule has 0 aliphatic carbocycles. The lowest BCUT2D eigenvalue weighted by molar-refractivity contribution is -0.116. The minimum atomic E-state index is -3.43. The summed E-state index contributed by atoms with van der Waals surface area (Å²) in [6, 6.07) is 13.9. The van der Waals surface area contributed by atoms with Crippen molar-refractivity contribution < 1.29 is 17.9 Å². The van der Waals surface area contributed by atoms with Crippen molar-refractivity contribution in [2.45, 2.75) is 30.6 Å². The van der Waals surface area contributed by atoms with Crippen LogP contribution in [0.25, 0.3) is 0 Å². The van der Waals surface area contributed by atoms with Crippen molar-refractivity contribution in [1.82, 2.24) is 4.31 Å². The minimum Gasteiger partial charge on any atom is -0.494 e. The number of nitrogens with zero attached hydrogens (tertiary/aromatic N) is 1. The lowest BCUT2D eigenvalue weighted by Gasteiger charge is -2.15. The standard InChI is InChI=1S/C20H23BrN2O4S/c21-16-5-9-18(10-6-16)27-15-3-4-20(24)22-17-7-11-19(12-8-17)28(25,26)23-13-1-2-14-23/h5-12H,1-4,13-15H2,(H,22,24). The van der Waals surface area contributed by atoms with Crippen molar-refractivity contribution in [1.29, 1.82) is 0 Å². The predicted molar refractivity (Wildman–Crippen MR) is 112 cm³/mol. The second-order valence-corrected chi connectivity index (χ2v) is 9.44. The van der Waals surface area contributed by atoms with Gasteiger partial charge in [0.15, 0.2) is 0 Å². The smallest absolute Gasteiger partial charge is 0.243 e. The van der Waals surface area contributed by atoms with Gasteiger partial charge < -0.3 is 10.1 Å². The SMILES string of the molecule is O=C(CCCOc1ccc(Br)cc1)Nc1ccc(S(=O)(=O)N2CCCC2)cc1. The Morgan fingerprint density at radius 1 is 1.04 bits per heavy atom. The average molecular weight is 467 g/mol. The molecule has 2 aromatic carbocycles. The van der Waals surface area contributed by atoms with Crippen LogP contribution < -0.4 is 10.1 Å². The molecule has 0 radical (unpaired) electrons. The summed E-state index contributed by atoms with van der Waals surface area (Å²) >= 11 is 3.37. The van der Waals surface area contributed by atoms with Gasteiger partial charge in [-0.1, -0.05) is 15.9 Å². The van der Waals surface area contributed by atoms with Crippen LogP contribution in [0.1, 0.15) is 25.7 Å². The van der Waals surface area contributed by atoms with E-state index >= 15 is 0 Å². The molecule has 3 rings (SSSR count). The molecule has 0 atom stereocenters. The molecule has 1 saturated heterocycles. The molecule has 2 aromatic rings. The molecule has 1 N–H and O–H groups in total. The highest BCUT2D eigenvalue weighted by Crippen LogP contribution is 2.22. The average Bonchev–Trinajstić information content (AvgIpc) is 3.23. The number of nitrogens with one attached hydrogen (secondary N) is 1. The molecule has 0 bridgehead atoms. The van der Waals surface area contributed by atoms with Gasteiger partial charge in [-0.05, 0) is 67.8 Å². The number of hydrogen-bond donors (Lipinski definition) is 1. The monoisotopic (exact) mass is 466 g/mol. The maximum absolute atomic E-state index is 12.5. The molecule has 28 heavy (non-hydrogen) atoms. The number of amides is 1. The Labute approximate surface area is 174 Å². The predicted octanol–water partition coefficient (Wildman–Crippen LogP) is 4.03. The summed E-state index contributed by atoms with van der Waals surface area (Å²) in [6.45, 7) is 1.59. The van der Waals surface area contributed by atoms with Crippen LogP contribution >= 0.6 is 15.9 Å². The Kier molecular flexibility index (Phi) is 7.09. The van der Waals surface area contributed by atoms with Crippen LogP contribution in [-0.4, -0.2) is 38.3 Å². The highest BCUT2D eigenvalue weighted by molar-refractivity contribution is 9.10. The van der Waals surface area contributed by atoms with Crippen LogP contribution in [0.15, 0.2) is 57.9 Å². The lowest BCUT2D eigenvalue weighted by Crippen LogP contribution is -2.27. The summed E-state index contributed by atoms with van der Waals surface area (Å²) in [5.74, 6) is 0.632. The maximum atomic E-state index is 12.5. The quantitative estimate of drug-likeness (QED) is 0.595. The second-order valence-electron chi connectivity index (χ2n) is 6.59. The first-order valence-electron chi connectivity index (χ1n) is 9.23. The van der Waals surface area contributed by atoms with E-state index in [-0.39, 0.29) is 10.8 Å². The van der Waals surface area contributed by atoms with Crippen LogP contribution in [0.2, 0.25) is 0 Å². The van der Waals surface area contributed by atoms with E-state index in [1.165, 1.54) is 4.31 Å². The number of carbonyl (C=O) groups is 1. The van der Waals surface area contributed by atoms with E-state index in [1.54, 1.807) is 24.3 Å².